The van der Waals surface area contributed by atoms with Gasteiger partial charge in [0.05, 0.1) is 0 Å². The normalized spacial score (nSPS) is 26.0. The van der Waals surface area contributed by atoms with E-state index in [1.54, 1.807) is 0 Å². The highest BCUT2D eigenvalue weighted by Crippen LogP contribution is 2.29. The van der Waals surface area contributed by atoms with E-state index >= 15 is 0 Å². The first-order valence-electron chi connectivity index (χ1n) is 8.52. The van der Waals surface area contributed by atoms with E-state index in [0.717, 1.165) is 11.0 Å². The second-order valence-electron chi connectivity index (χ2n) is 6.16. The molecule has 1 aliphatic rings. The summed E-state index contributed by atoms with van der Waals surface area (Å²) in [6.07, 6.45) is 13.6. The van der Waals surface area contributed by atoms with Crippen molar-refractivity contribution < 1.29 is 0 Å². The van der Waals surface area contributed by atoms with E-state index in [2.05, 4.69) is 27.5 Å². The van der Waals surface area contributed by atoms with Crippen molar-refractivity contribution in [1.29, 1.82) is 0 Å². The third-order valence-corrected chi connectivity index (χ3v) is 5.67. The van der Waals surface area contributed by atoms with Gasteiger partial charge in [-0.2, -0.15) is 0 Å². The molecule has 5 heteroatoms. The number of nitrogens with zero attached hydrogens (tertiary/aromatic N) is 2. The van der Waals surface area contributed by atoms with Crippen LogP contribution in [0.3, 0.4) is 0 Å². The quantitative estimate of drug-likeness (QED) is 0.883. The average molecular weight is 311 g/mol. The van der Waals surface area contributed by atoms with Gasteiger partial charge in [0, 0.05) is 11.3 Å². The minimum absolute atomic E-state index is 0.577. The van der Waals surface area contributed by atoms with E-state index in [0.29, 0.717) is 11.3 Å². The first-order chi connectivity index (χ1) is 10.3. The zero-order valence-corrected chi connectivity index (χ0v) is 14.3. The fourth-order valence-corrected chi connectivity index (χ4v) is 4.42. The van der Waals surface area contributed by atoms with Crippen LogP contribution in [0, 0.1) is 6.92 Å². The predicted octanol–water partition coefficient (Wildman–Crippen LogP) is 4.08. The summed E-state index contributed by atoms with van der Waals surface area (Å²) in [5.74, 6) is 0.909. The van der Waals surface area contributed by atoms with Gasteiger partial charge in [-0.3, -0.25) is 5.10 Å². The summed E-state index contributed by atoms with van der Waals surface area (Å²) in [5.41, 5.74) is 0. The van der Waals surface area contributed by atoms with Crippen molar-refractivity contribution in [3.8, 4) is 0 Å². The number of hydrogen-bond donors (Lipinski definition) is 2. The molecule has 1 aliphatic carbocycles. The van der Waals surface area contributed by atoms with Crippen molar-refractivity contribution >= 4 is 11.8 Å². The van der Waals surface area contributed by atoms with E-state index in [1.165, 1.54) is 64.2 Å². The molecule has 0 aliphatic heterocycles. The van der Waals surface area contributed by atoms with E-state index in [1.807, 2.05) is 18.7 Å². The number of hydrogen-bond acceptors (Lipinski definition) is 4. The molecule has 1 aromatic rings. The Hall–Kier alpha value is -0.550. The lowest BCUT2D eigenvalue weighted by molar-refractivity contribution is 0.434. The lowest BCUT2D eigenvalue weighted by atomic mass is 9.97. The van der Waals surface area contributed by atoms with Crippen LogP contribution in [0.4, 0.5) is 0 Å². The van der Waals surface area contributed by atoms with Crippen molar-refractivity contribution in [2.24, 2.45) is 0 Å². The Labute approximate surface area is 133 Å². The van der Waals surface area contributed by atoms with Crippen LogP contribution in [0.1, 0.15) is 70.0 Å². The Morgan fingerprint density at radius 1 is 1.00 bits per heavy atom. The summed E-state index contributed by atoms with van der Waals surface area (Å²) in [6, 6.07) is 0.577. The largest absolute Gasteiger partial charge is 0.316 e. The highest BCUT2D eigenvalue weighted by Gasteiger charge is 2.22. The summed E-state index contributed by atoms with van der Waals surface area (Å²) in [5, 5.41) is 12.3. The number of rotatable bonds is 3. The summed E-state index contributed by atoms with van der Waals surface area (Å²) in [4.78, 5) is 4.47. The molecule has 0 radical (unpaired) electrons. The van der Waals surface area contributed by atoms with Crippen molar-refractivity contribution in [3.63, 3.8) is 0 Å². The number of aromatic amines is 1. The van der Waals surface area contributed by atoms with Crippen LogP contribution >= 0.6 is 11.8 Å². The first kappa shape index (κ1) is 16.8. The maximum atomic E-state index is 4.47. The molecule has 0 saturated heterocycles. The monoisotopic (exact) mass is 310 g/mol. The zero-order valence-electron chi connectivity index (χ0n) is 13.5. The van der Waals surface area contributed by atoms with Crippen LogP contribution in [0.2, 0.25) is 0 Å². The van der Waals surface area contributed by atoms with E-state index in [4.69, 9.17) is 0 Å². The Morgan fingerprint density at radius 3 is 2.19 bits per heavy atom. The summed E-state index contributed by atoms with van der Waals surface area (Å²) in [7, 11) is 2.10. The standard InChI is InChI=1S/C16H30N4S/c1-13-18-16(20-19-13)21-15-12-10-8-6-4-3-5-7-9-11-14(15)17-2/h14-15,17H,3-12H2,1-2H3,(H,18,19,20). The second kappa shape index (κ2) is 9.46. The number of aryl methyl sites for hydroxylation is 1. The Bertz CT molecular complexity index is 393. The number of thioether (sulfide) groups is 1. The van der Waals surface area contributed by atoms with Gasteiger partial charge < -0.3 is 5.32 Å². The second-order valence-corrected chi connectivity index (χ2v) is 7.37. The van der Waals surface area contributed by atoms with Gasteiger partial charge in [0.25, 0.3) is 0 Å². The van der Waals surface area contributed by atoms with Gasteiger partial charge >= 0.3 is 0 Å². The zero-order chi connectivity index (χ0) is 14.9. The van der Waals surface area contributed by atoms with Crippen LogP contribution in [-0.4, -0.2) is 33.5 Å². The molecule has 1 heterocycles. The molecule has 2 N–H and O–H groups in total. The molecule has 1 aromatic heterocycles. The summed E-state index contributed by atoms with van der Waals surface area (Å²) >= 11 is 1.85. The smallest absolute Gasteiger partial charge is 0.208 e. The molecule has 1 saturated carbocycles. The van der Waals surface area contributed by atoms with Crippen LogP contribution in [0.5, 0.6) is 0 Å². The molecular weight excluding hydrogens is 280 g/mol. The van der Waals surface area contributed by atoms with Crippen LogP contribution in [0.25, 0.3) is 0 Å². The molecular formula is C16H30N4S. The van der Waals surface area contributed by atoms with Crippen molar-refractivity contribution in [3.05, 3.63) is 5.82 Å². The minimum Gasteiger partial charge on any atom is -0.316 e. The molecule has 2 atom stereocenters. The molecule has 0 bridgehead atoms. The highest BCUT2D eigenvalue weighted by atomic mass is 32.2. The SMILES string of the molecule is CNC1CCCCCCCCCCC1Sc1n[nH]c(C)n1. The van der Waals surface area contributed by atoms with E-state index in [9.17, 15) is 0 Å². The van der Waals surface area contributed by atoms with Gasteiger partial charge in [0.15, 0.2) is 0 Å². The molecule has 120 valence electrons. The van der Waals surface area contributed by atoms with Crippen molar-refractivity contribution in [2.75, 3.05) is 7.05 Å². The van der Waals surface area contributed by atoms with Crippen LogP contribution in [0.15, 0.2) is 5.16 Å². The van der Waals surface area contributed by atoms with Gasteiger partial charge in [-0.05, 0) is 26.8 Å². The molecule has 0 spiro atoms. The molecule has 0 amide bonds. The van der Waals surface area contributed by atoms with E-state index < -0.39 is 0 Å². The Kier molecular flexibility index (Phi) is 7.58. The average Bonchev–Trinajstić information content (AvgIpc) is 2.87. The van der Waals surface area contributed by atoms with E-state index in [-0.39, 0.29) is 0 Å². The predicted molar refractivity (Wildman–Crippen MR) is 89.8 cm³/mol. The van der Waals surface area contributed by atoms with Gasteiger partial charge in [0.2, 0.25) is 5.16 Å². The lowest BCUT2D eigenvalue weighted by Gasteiger charge is -2.26. The minimum atomic E-state index is 0.577. The van der Waals surface area contributed by atoms with Crippen LogP contribution in [-0.2, 0) is 0 Å². The molecule has 0 aromatic carbocycles. The maximum absolute atomic E-state index is 4.47. The number of aromatic nitrogens is 3. The molecule has 1 fully saturated rings. The van der Waals surface area contributed by atoms with Gasteiger partial charge in [-0.25, -0.2) is 4.98 Å². The topological polar surface area (TPSA) is 53.6 Å². The maximum Gasteiger partial charge on any atom is 0.208 e. The third-order valence-electron chi connectivity index (χ3n) is 4.41. The summed E-state index contributed by atoms with van der Waals surface area (Å²) in [6.45, 7) is 1.97. The van der Waals surface area contributed by atoms with Crippen molar-refractivity contribution in [2.45, 2.75) is 87.6 Å². The number of H-pyrrole nitrogens is 1. The highest BCUT2D eigenvalue weighted by molar-refractivity contribution is 7.99. The third kappa shape index (κ3) is 5.99. The lowest BCUT2D eigenvalue weighted by Crippen LogP contribution is -2.36. The molecule has 2 unspecified atom stereocenters. The fraction of sp³-hybridized carbons (Fsp3) is 0.875. The Morgan fingerprint density at radius 2 is 1.62 bits per heavy atom. The van der Waals surface area contributed by atoms with Crippen molar-refractivity contribution in [1.82, 2.24) is 20.5 Å². The molecule has 2 rings (SSSR count). The van der Waals surface area contributed by atoms with Crippen LogP contribution < -0.4 is 5.32 Å². The van der Waals surface area contributed by atoms with Gasteiger partial charge in [0.1, 0.15) is 5.82 Å². The Balaban J connectivity index is 1.95. The van der Waals surface area contributed by atoms with Gasteiger partial charge in [-0.1, -0.05) is 63.1 Å². The fourth-order valence-electron chi connectivity index (χ4n) is 3.14. The summed E-state index contributed by atoms with van der Waals surface area (Å²) < 4.78 is 0. The molecule has 21 heavy (non-hydrogen) atoms. The molecule has 4 nitrogen and oxygen atoms in total. The van der Waals surface area contributed by atoms with Gasteiger partial charge in [-0.15, -0.1) is 5.10 Å². The first-order valence-corrected chi connectivity index (χ1v) is 9.40. The number of nitrogens with one attached hydrogen (secondary N) is 2.